The van der Waals surface area contributed by atoms with Gasteiger partial charge in [-0.05, 0) is 97.7 Å². The molecule has 33 atom stereocenters. The maximum atomic E-state index is 12.1. The number of fused-ring (bicyclic) bond motifs is 7. The van der Waals surface area contributed by atoms with Crippen molar-refractivity contribution in [3.05, 3.63) is 0 Å². The molecule has 10 aliphatic rings. The van der Waals surface area contributed by atoms with Crippen LogP contribution in [0.25, 0.3) is 0 Å². The van der Waals surface area contributed by atoms with Gasteiger partial charge >= 0.3 is 0 Å². The molecule has 10 rings (SSSR count). The Morgan fingerprint density at radius 1 is 0.467 bits per heavy atom. The largest absolute Gasteiger partial charge is 0.394 e. The third kappa shape index (κ3) is 9.79. The first kappa shape index (κ1) is 57.3. The van der Waals surface area contributed by atoms with Gasteiger partial charge in [0, 0.05) is 12.3 Å². The Morgan fingerprint density at radius 3 is 1.60 bits per heavy atom. The number of ether oxygens (including phenoxy) is 10. The van der Waals surface area contributed by atoms with Gasteiger partial charge in [0.15, 0.2) is 30.9 Å². The summed E-state index contributed by atoms with van der Waals surface area (Å²) in [7, 11) is 0. The second-order valence-electron chi connectivity index (χ2n) is 24.5. The van der Waals surface area contributed by atoms with Crippen molar-refractivity contribution < 1.29 is 119 Å². The molecule has 6 saturated heterocycles. The summed E-state index contributed by atoms with van der Waals surface area (Å²) in [5.41, 5.74) is -0.133. The molecule has 0 bridgehead atoms. The van der Waals surface area contributed by atoms with Gasteiger partial charge in [-0.2, -0.15) is 0 Å². The summed E-state index contributed by atoms with van der Waals surface area (Å²) < 4.78 is 61.3. The Bertz CT molecular complexity index is 1910. The van der Waals surface area contributed by atoms with E-state index in [0.717, 1.165) is 45.1 Å². The second kappa shape index (κ2) is 22.1. The van der Waals surface area contributed by atoms with Crippen LogP contribution in [0.1, 0.15) is 85.5 Å². The molecule has 0 radical (unpaired) electrons. The summed E-state index contributed by atoms with van der Waals surface area (Å²) in [6, 6.07) is 0. The van der Waals surface area contributed by atoms with E-state index < -0.39 is 167 Å². The van der Waals surface area contributed by atoms with Crippen LogP contribution in [0, 0.1) is 52.3 Å². The van der Waals surface area contributed by atoms with Crippen molar-refractivity contribution in [2.45, 2.75) is 232 Å². The van der Waals surface area contributed by atoms with E-state index in [-0.39, 0.29) is 28.8 Å². The minimum atomic E-state index is -2.05. The molecule has 4 aliphatic carbocycles. The number of aliphatic hydroxyl groups is 14. The molecular weight excluding hydrogens is 997 g/mol. The van der Waals surface area contributed by atoms with Crippen LogP contribution in [0.5, 0.6) is 0 Å². The van der Waals surface area contributed by atoms with Crippen molar-refractivity contribution in [3.63, 3.8) is 0 Å². The Balaban J connectivity index is 0.829. The van der Waals surface area contributed by atoms with E-state index >= 15 is 0 Å². The zero-order valence-electron chi connectivity index (χ0n) is 43.1. The van der Waals surface area contributed by atoms with Crippen molar-refractivity contribution in [1.29, 1.82) is 0 Å². The van der Waals surface area contributed by atoms with Crippen LogP contribution in [0.4, 0.5) is 0 Å². The van der Waals surface area contributed by atoms with E-state index in [9.17, 15) is 71.5 Å². The fourth-order valence-corrected chi connectivity index (χ4v) is 16.2. The van der Waals surface area contributed by atoms with Crippen molar-refractivity contribution in [3.8, 4) is 0 Å². The molecule has 4 saturated carbocycles. The van der Waals surface area contributed by atoms with Gasteiger partial charge in [0.1, 0.15) is 97.7 Å². The van der Waals surface area contributed by atoms with Gasteiger partial charge in [0.2, 0.25) is 0 Å². The first-order chi connectivity index (χ1) is 35.6. The summed E-state index contributed by atoms with van der Waals surface area (Å²) in [6.07, 6.45) is -29.9. The van der Waals surface area contributed by atoms with Crippen LogP contribution in [-0.2, 0) is 47.4 Å². The lowest BCUT2D eigenvalue weighted by Gasteiger charge is -2.62. The Hall–Kier alpha value is -0.960. The van der Waals surface area contributed by atoms with Gasteiger partial charge in [-0.25, -0.2) is 0 Å². The lowest BCUT2D eigenvalue weighted by molar-refractivity contribution is -0.406. The molecule has 0 amide bonds. The van der Waals surface area contributed by atoms with E-state index in [2.05, 4.69) is 27.7 Å². The fraction of sp³-hybridized carbons (Fsp3) is 1.00. The highest BCUT2D eigenvalue weighted by Gasteiger charge is 2.70. The van der Waals surface area contributed by atoms with Gasteiger partial charge in [0.25, 0.3) is 0 Å². The molecule has 75 heavy (non-hydrogen) atoms. The molecule has 0 aromatic heterocycles. The van der Waals surface area contributed by atoms with Crippen LogP contribution < -0.4 is 0 Å². The first-order valence-electron chi connectivity index (χ1n) is 27.4. The predicted octanol–water partition coefficient (Wildman–Crippen LogP) is -3.94. The average Bonchev–Trinajstić information content (AvgIpc) is 3.85. The molecular formula is C51H84O24. The standard InChI is InChI=1S/C51H84O24/c1-19-5-10-51(66-18-19)20(2)32-27(75-51)13-24-22-12-26(56)25-11-21(6-8-49(25,3)23(22)7-9-50(24,32)4)67-45-41(65)38(62)42(31(17-55)71-45)72-48-44(74-47-40(64)37(61)34(58)29(15-53)69-47)43(35(59)30(16-54)70-48)73-46-39(63)36(60)33(57)28(14-52)68-46/h19-48,52-65H,5-18H2,1-4H3/t19-,20-,21-,22-,23-,24+,25+,26-,27-,28-,29-,30+,31-,32-,33-,34+,35+,36-,37+,38-,39+,40+,41-,42+,43+,44-,45+,46-,47+,48+,49-,50+,51-/m1/s1. The molecule has 24 nitrogen and oxygen atoms in total. The Kier molecular flexibility index (Phi) is 16.9. The Morgan fingerprint density at radius 2 is 1.00 bits per heavy atom. The normalized spacial score (nSPS) is 58.0. The van der Waals surface area contributed by atoms with Crippen LogP contribution in [-0.4, -0.2) is 251 Å². The van der Waals surface area contributed by atoms with E-state index in [0.29, 0.717) is 48.9 Å². The average molecular weight is 1080 g/mol. The lowest BCUT2D eigenvalue weighted by atomic mass is 9.43. The monoisotopic (exact) mass is 1080 g/mol. The zero-order chi connectivity index (χ0) is 53.8. The zero-order valence-corrected chi connectivity index (χ0v) is 43.1. The molecule has 6 heterocycles. The fourth-order valence-electron chi connectivity index (χ4n) is 16.2. The van der Waals surface area contributed by atoms with Gasteiger partial charge in [-0.3, -0.25) is 0 Å². The van der Waals surface area contributed by atoms with Crippen molar-refractivity contribution in [2.24, 2.45) is 52.3 Å². The minimum Gasteiger partial charge on any atom is -0.394 e. The third-order valence-electron chi connectivity index (χ3n) is 20.4. The van der Waals surface area contributed by atoms with Crippen LogP contribution >= 0.6 is 0 Å². The Labute approximate surface area is 435 Å². The first-order valence-corrected chi connectivity index (χ1v) is 27.4. The lowest BCUT2D eigenvalue weighted by Crippen LogP contribution is -2.68. The molecule has 1 spiro atoms. The SMILES string of the molecule is C[C@@H]1CC[C@@]2(OC1)O[C@@H]1C[C@H]3[C@@H]4C[C@@H](O)[C@@H]5C[C@H](O[C@H]6O[C@H](CO)[C@H](O[C@@H]7O[C@@H](CO)[C@H](O)[C@H](O[C@H]8O[C@H](CO)[C@@H](O)[C@@H](O)[C@@H]8O)[C@H]7O[C@@H]7O[C@H](CO)[C@H](O)[C@H](O)[C@@H]7O)[C@H](O)[C@H]6O)CC[C@]5(C)[C@@H]4CC[C@]3(C)[C@@H]1[C@H]2C. The topological polar surface area (TPSA) is 376 Å². The molecule has 6 aliphatic heterocycles. The summed E-state index contributed by atoms with van der Waals surface area (Å²) in [5.74, 6) is 1.64. The van der Waals surface area contributed by atoms with E-state index in [1.807, 2.05) is 0 Å². The number of aliphatic hydroxyl groups excluding tert-OH is 14. The molecule has 0 unspecified atom stereocenters. The van der Waals surface area contributed by atoms with Crippen molar-refractivity contribution in [1.82, 2.24) is 0 Å². The highest BCUT2D eigenvalue weighted by Crippen LogP contribution is 2.71. The quantitative estimate of drug-likeness (QED) is 0.0830. The molecule has 432 valence electrons. The molecule has 24 heteroatoms. The van der Waals surface area contributed by atoms with E-state index in [1.165, 1.54) is 0 Å². The van der Waals surface area contributed by atoms with Gasteiger partial charge in [0.05, 0.1) is 51.3 Å². The number of hydrogen-bond donors (Lipinski definition) is 14. The summed E-state index contributed by atoms with van der Waals surface area (Å²) in [4.78, 5) is 0. The number of rotatable bonds is 12. The predicted molar refractivity (Wildman–Crippen MR) is 250 cm³/mol. The van der Waals surface area contributed by atoms with E-state index in [1.54, 1.807) is 0 Å². The summed E-state index contributed by atoms with van der Waals surface area (Å²) in [6.45, 7) is 6.54. The van der Waals surface area contributed by atoms with Crippen LogP contribution in [0.2, 0.25) is 0 Å². The smallest absolute Gasteiger partial charge is 0.187 e. The third-order valence-corrected chi connectivity index (χ3v) is 20.4. The molecule has 0 aromatic carbocycles. The highest BCUT2D eigenvalue weighted by atomic mass is 16.8. The van der Waals surface area contributed by atoms with Gasteiger partial charge < -0.3 is 119 Å². The summed E-state index contributed by atoms with van der Waals surface area (Å²) in [5, 5.41) is 152. The number of hydrogen-bond acceptors (Lipinski definition) is 24. The van der Waals surface area contributed by atoms with Gasteiger partial charge in [-0.15, -0.1) is 0 Å². The summed E-state index contributed by atoms with van der Waals surface area (Å²) >= 11 is 0. The molecule has 10 fully saturated rings. The van der Waals surface area contributed by atoms with Gasteiger partial charge in [-0.1, -0.05) is 27.7 Å². The van der Waals surface area contributed by atoms with Crippen LogP contribution in [0.15, 0.2) is 0 Å². The minimum absolute atomic E-state index is 0.0667. The highest BCUT2D eigenvalue weighted by molar-refractivity contribution is 5.16. The molecule has 14 N–H and O–H groups in total. The second-order valence-corrected chi connectivity index (χ2v) is 24.5. The van der Waals surface area contributed by atoms with Crippen LogP contribution in [0.3, 0.4) is 0 Å². The maximum absolute atomic E-state index is 12.1. The molecule has 0 aromatic rings. The maximum Gasteiger partial charge on any atom is 0.187 e. The van der Waals surface area contributed by atoms with E-state index in [4.69, 9.17) is 47.4 Å². The van der Waals surface area contributed by atoms with Crippen molar-refractivity contribution >= 4 is 0 Å². The van der Waals surface area contributed by atoms with Crippen molar-refractivity contribution in [2.75, 3.05) is 33.0 Å².